The van der Waals surface area contributed by atoms with Crippen molar-refractivity contribution in [2.45, 2.75) is 108 Å². The standard InChI is InChI=1S/C35H51N11O10S2/c1-18-19(2)30(20(3)22-13-35(4,5)56-29(18)22)58(54,55)44-34(36)37-10-7-8-23-31(51)39-15-26(47)41-25(12-28(49)50)32(52)38-14-21-16-46(45-43-21)17-27(48)40-24(9-11-57-6)33(53)42-23/h16,23-25H,7-15,17H2,1-6H3,(H,38,52)(H,39,51)(H,40,48)(H,41,47)(H,42,53)(H,49,50)(H3,36,37,44)/t23?,24?,25-/m0/s1. The van der Waals surface area contributed by atoms with E-state index >= 15 is 0 Å². The molecule has 0 radical (unpaired) electrons. The molecule has 2 aliphatic heterocycles. The van der Waals surface area contributed by atoms with Gasteiger partial charge in [0.1, 0.15) is 41.7 Å². The molecule has 3 atom stereocenters. The van der Waals surface area contributed by atoms with Crippen LogP contribution in [0, 0.1) is 20.8 Å². The third-order valence-corrected chi connectivity index (χ3v) is 11.7. The van der Waals surface area contributed by atoms with Gasteiger partial charge < -0.3 is 42.2 Å². The summed E-state index contributed by atoms with van der Waals surface area (Å²) in [6, 6.07) is -3.87. The number of rotatable bonds is 11. The minimum atomic E-state index is -4.19. The van der Waals surface area contributed by atoms with E-state index in [2.05, 4.69) is 46.6 Å². The molecule has 0 aliphatic carbocycles. The molecule has 318 valence electrons. The first kappa shape index (κ1) is 45.3. The summed E-state index contributed by atoms with van der Waals surface area (Å²) < 4.78 is 36.8. The predicted molar refractivity (Wildman–Crippen MR) is 211 cm³/mol. The molecular formula is C35H51N11O10S2. The van der Waals surface area contributed by atoms with Crippen LogP contribution in [0.1, 0.15) is 67.5 Å². The van der Waals surface area contributed by atoms with Gasteiger partial charge in [0.05, 0.1) is 30.6 Å². The molecule has 2 aliphatic rings. The van der Waals surface area contributed by atoms with Crippen molar-refractivity contribution < 1.29 is 47.0 Å². The maximum atomic E-state index is 13.6. The van der Waals surface area contributed by atoms with Gasteiger partial charge in [-0.3, -0.25) is 33.8 Å². The number of hydrogen-bond donors (Lipinski definition) is 8. The predicted octanol–water partition coefficient (Wildman–Crippen LogP) is -1.58. The molecule has 0 saturated carbocycles. The van der Waals surface area contributed by atoms with Crippen molar-refractivity contribution in [2.24, 2.45) is 10.7 Å². The van der Waals surface area contributed by atoms with Gasteiger partial charge in [-0.1, -0.05) is 5.21 Å². The third kappa shape index (κ3) is 12.0. The summed E-state index contributed by atoms with van der Waals surface area (Å²) in [7, 11) is -4.19. The lowest BCUT2D eigenvalue weighted by atomic mass is 9.94. The van der Waals surface area contributed by atoms with Crippen LogP contribution in [0.3, 0.4) is 0 Å². The quantitative estimate of drug-likeness (QED) is 0.0720. The lowest BCUT2D eigenvalue weighted by molar-refractivity contribution is -0.140. The van der Waals surface area contributed by atoms with Crippen LogP contribution in [0.5, 0.6) is 5.75 Å². The number of amides is 5. The monoisotopic (exact) mass is 849 g/mol. The number of benzene rings is 1. The Kier molecular flexibility index (Phi) is 15.1. The van der Waals surface area contributed by atoms with E-state index in [0.717, 1.165) is 5.56 Å². The summed E-state index contributed by atoms with van der Waals surface area (Å²) in [4.78, 5) is 81.4. The molecule has 58 heavy (non-hydrogen) atoms. The highest BCUT2D eigenvalue weighted by molar-refractivity contribution is 7.98. The fourth-order valence-corrected chi connectivity index (χ4v) is 8.51. The van der Waals surface area contributed by atoms with E-state index in [1.807, 2.05) is 20.1 Å². The molecule has 3 heterocycles. The number of sulfonamides is 1. The highest BCUT2D eigenvalue weighted by Crippen LogP contribution is 2.43. The largest absolute Gasteiger partial charge is 0.487 e. The van der Waals surface area contributed by atoms with Crippen molar-refractivity contribution >= 4 is 63.2 Å². The number of guanidine groups is 1. The molecule has 21 nitrogen and oxygen atoms in total. The number of nitrogens with one attached hydrogen (secondary N) is 6. The SMILES string of the molecule is CSCCC1NC(=O)Cn2cc(nn2)CNC(=O)[C@H](CC(=O)O)NC(=O)CNC(=O)C(CCCN=C(N)NS(=O)(=O)c2c(C)c(C)c3c(c2C)CC(C)(C)O3)NC1=O. The van der Waals surface area contributed by atoms with E-state index in [-0.39, 0.29) is 49.5 Å². The van der Waals surface area contributed by atoms with Crippen molar-refractivity contribution in [3.63, 3.8) is 0 Å². The molecule has 0 saturated heterocycles. The zero-order valence-electron chi connectivity index (χ0n) is 33.2. The van der Waals surface area contributed by atoms with Crippen LogP contribution in [0.25, 0.3) is 0 Å². The Labute approximate surface area is 339 Å². The first-order valence-corrected chi connectivity index (χ1v) is 21.3. The Morgan fingerprint density at radius 1 is 0.983 bits per heavy atom. The van der Waals surface area contributed by atoms with Gasteiger partial charge in [-0.05, 0) is 82.6 Å². The number of nitrogens with zero attached hydrogens (tertiary/aromatic N) is 4. The van der Waals surface area contributed by atoms with Crippen molar-refractivity contribution in [3.8, 4) is 5.75 Å². The number of hydrogen-bond acceptors (Lipinski definition) is 13. The van der Waals surface area contributed by atoms with Crippen LogP contribution in [0.15, 0.2) is 16.1 Å². The third-order valence-electron chi connectivity index (χ3n) is 9.42. The van der Waals surface area contributed by atoms with Crippen LogP contribution in [-0.4, -0.2) is 119 Å². The molecule has 0 fully saturated rings. The highest BCUT2D eigenvalue weighted by atomic mass is 32.2. The van der Waals surface area contributed by atoms with Gasteiger partial charge >= 0.3 is 5.97 Å². The lowest BCUT2D eigenvalue weighted by Gasteiger charge is -2.23. The highest BCUT2D eigenvalue weighted by Gasteiger charge is 2.37. The number of aromatic nitrogens is 3. The zero-order chi connectivity index (χ0) is 42.9. The summed E-state index contributed by atoms with van der Waals surface area (Å²) in [5.74, 6) is -4.47. The normalized spacial score (nSPS) is 20.8. The number of carbonyl (C=O) groups is 6. The number of ether oxygens (including phenoxy) is 1. The molecule has 4 rings (SSSR count). The second-order valence-electron chi connectivity index (χ2n) is 14.6. The van der Waals surface area contributed by atoms with Crippen molar-refractivity contribution in [2.75, 3.05) is 25.1 Å². The summed E-state index contributed by atoms with van der Waals surface area (Å²) in [6.07, 6.45) is 3.16. The van der Waals surface area contributed by atoms with Crippen LogP contribution in [0.4, 0.5) is 0 Å². The lowest BCUT2D eigenvalue weighted by Crippen LogP contribution is -2.55. The fourth-order valence-electron chi connectivity index (χ4n) is 6.51. The second-order valence-corrected chi connectivity index (χ2v) is 17.2. The van der Waals surface area contributed by atoms with Gasteiger partial charge in [0.25, 0.3) is 10.0 Å². The number of carboxylic acid groups (broad SMARTS) is 1. The molecule has 23 heteroatoms. The molecular weight excluding hydrogens is 799 g/mol. The summed E-state index contributed by atoms with van der Waals surface area (Å²) in [6.45, 7) is 7.74. The Morgan fingerprint density at radius 2 is 1.64 bits per heavy atom. The van der Waals surface area contributed by atoms with Crippen molar-refractivity contribution in [1.82, 2.24) is 46.3 Å². The number of carbonyl (C=O) groups excluding carboxylic acids is 5. The first-order chi connectivity index (χ1) is 27.2. The van der Waals surface area contributed by atoms with E-state index in [1.54, 1.807) is 20.8 Å². The number of nitrogens with two attached hydrogens (primary N) is 1. The molecule has 9 N–H and O–H groups in total. The van der Waals surface area contributed by atoms with Gasteiger partial charge in [0.15, 0.2) is 0 Å². The molecule has 0 spiro atoms. The fraction of sp³-hybridized carbons (Fsp3) is 0.571. The van der Waals surface area contributed by atoms with Gasteiger partial charge in [-0.25, -0.2) is 17.8 Å². The minimum Gasteiger partial charge on any atom is -0.487 e. The number of aliphatic imine (C=N–C) groups is 1. The Hall–Kier alpha value is -5.45. The van der Waals surface area contributed by atoms with Crippen LogP contribution >= 0.6 is 11.8 Å². The van der Waals surface area contributed by atoms with E-state index in [0.29, 0.717) is 34.6 Å². The van der Waals surface area contributed by atoms with Gasteiger partial charge in [0.2, 0.25) is 35.5 Å². The Bertz CT molecular complexity index is 2070. The van der Waals surface area contributed by atoms with E-state index < -0.39 is 88.2 Å². The van der Waals surface area contributed by atoms with E-state index in [4.69, 9.17) is 10.5 Å². The van der Waals surface area contributed by atoms with Gasteiger partial charge in [-0.2, -0.15) is 11.8 Å². The maximum Gasteiger partial charge on any atom is 0.305 e. The van der Waals surface area contributed by atoms with E-state index in [9.17, 15) is 42.3 Å². The molecule has 5 amide bonds. The topological polar surface area (TPSA) is 307 Å². The van der Waals surface area contributed by atoms with E-state index in [1.165, 1.54) is 22.6 Å². The van der Waals surface area contributed by atoms with Gasteiger partial charge in [0, 0.05) is 18.5 Å². The second kappa shape index (κ2) is 19.3. The molecule has 2 unspecified atom stereocenters. The first-order valence-electron chi connectivity index (χ1n) is 18.4. The average molecular weight is 850 g/mol. The van der Waals surface area contributed by atoms with Crippen molar-refractivity contribution in [1.29, 1.82) is 0 Å². The smallest absolute Gasteiger partial charge is 0.305 e. The zero-order valence-corrected chi connectivity index (χ0v) is 34.8. The molecule has 1 aromatic heterocycles. The van der Waals surface area contributed by atoms with Crippen molar-refractivity contribution in [3.05, 3.63) is 34.1 Å². The minimum absolute atomic E-state index is 0.0727. The van der Waals surface area contributed by atoms with Crippen LogP contribution in [0.2, 0.25) is 0 Å². The summed E-state index contributed by atoms with van der Waals surface area (Å²) >= 11 is 1.43. The Morgan fingerprint density at radius 3 is 2.33 bits per heavy atom. The Balaban J connectivity index is 1.51. The average Bonchev–Trinajstić information content (AvgIpc) is 3.73. The van der Waals surface area contributed by atoms with Crippen LogP contribution < -0.4 is 41.8 Å². The van der Waals surface area contributed by atoms with Crippen LogP contribution in [-0.2, 0) is 58.3 Å². The summed E-state index contributed by atoms with van der Waals surface area (Å²) in [5.41, 5.74) is 8.32. The number of fused-ring (bicyclic) bond motifs is 3. The molecule has 2 aromatic rings. The number of aliphatic carboxylic acids is 1. The van der Waals surface area contributed by atoms with Gasteiger partial charge in [-0.15, -0.1) is 5.10 Å². The number of carboxylic acids is 1. The summed E-state index contributed by atoms with van der Waals surface area (Å²) in [5, 5.41) is 29.5. The maximum absolute atomic E-state index is 13.6. The molecule has 2 bridgehead atoms. The number of thioether (sulfide) groups is 1. The molecule has 1 aromatic carbocycles.